The molecule has 1 amide bonds. The van der Waals surface area contributed by atoms with Gasteiger partial charge in [0.15, 0.2) is 0 Å². The number of carbonyl (C=O) groups is 1. The number of hydrogen-bond acceptors (Lipinski definition) is 3. The lowest BCUT2D eigenvalue weighted by molar-refractivity contribution is -0.119. The maximum absolute atomic E-state index is 12.1. The number of anilines is 1. The Morgan fingerprint density at radius 1 is 1.35 bits per heavy atom. The summed E-state index contributed by atoms with van der Waals surface area (Å²) < 4.78 is 5.20. The lowest BCUT2D eigenvalue weighted by Crippen LogP contribution is -2.21. The van der Waals surface area contributed by atoms with Crippen LogP contribution >= 0.6 is 0 Å². The van der Waals surface area contributed by atoms with Gasteiger partial charge in [-0.1, -0.05) is 13.3 Å². The number of benzene rings is 1. The molecule has 4 nitrogen and oxygen atoms in total. The summed E-state index contributed by atoms with van der Waals surface area (Å²) in [5.41, 5.74) is 7.53. The average molecular weight is 278 g/mol. The van der Waals surface area contributed by atoms with Crippen molar-refractivity contribution in [1.29, 1.82) is 0 Å². The number of nitrogens with one attached hydrogen (secondary N) is 1. The maximum Gasteiger partial charge on any atom is 0.227 e. The number of rotatable bonds is 7. The van der Waals surface area contributed by atoms with E-state index in [1.807, 2.05) is 39.0 Å². The van der Waals surface area contributed by atoms with E-state index < -0.39 is 0 Å². The SMILES string of the molecule is COc1ccc(NC(=O)C(C)CCCC(C)N)cc1C. The average Bonchev–Trinajstić information content (AvgIpc) is 2.38. The summed E-state index contributed by atoms with van der Waals surface area (Å²) in [5, 5.41) is 2.95. The second kappa shape index (κ2) is 7.90. The van der Waals surface area contributed by atoms with Gasteiger partial charge in [-0.2, -0.15) is 0 Å². The number of hydrogen-bond donors (Lipinski definition) is 2. The molecule has 1 rings (SSSR count). The smallest absolute Gasteiger partial charge is 0.227 e. The quantitative estimate of drug-likeness (QED) is 0.805. The molecule has 20 heavy (non-hydrogen) atoms. The van der Waals surface area contributed by atoms with Gasteiger partial charge < -0.3 is 15.8 Å². The van der Waals surface area contributed by atoms with E-state index >= 15 is 0 Å². The van der Waals surface area contributed by atoms with Gasteiger partial charge in [0, 0.05) is 17.6 Å². The summed E-state index contributed by atoms with van der Waals surface area (Å²) in [5.74, 6) is 0.878. The monoisotopic (exact) mass is 278 g/mol. The summed E-state index contributed by atoms with van der Waals surface area (Å²) in [6.45, 7) is 5.90. The molecule has 0 saturated carbocycles. The summed E-state index contributed by atoms with van der Waals surface area (Å²) in [7, 11) is 1.64. The number of amides is 1. The standard InChI is InChI=1S/C16H26N2O2/c1-11(6-5-7-13(3)17)16(19)18-14-8-9-15(20-4)12(2)10-14/h8-11,13H,5-7,17H2,1-4H3,(H,18,19). The van der Waals surface area contributed by atoms with Crippen LogP contribution in [-0.2, 0) is 4.79 Å². The van der Waals surface area contributed by atoms with Crippen molar-refractivity contribution in [1.82, 2.24) is 0 Å². The Hall–Kier alpha value is -1.55. The van der Waals surface area contributed by atoms with Crippen molar-refractivity contribution in [3.8, 4) is 5.75 Å². The Morgan fingerprint density at radius 2 is 2.05 bits per heavy atom. The highest BCUT2D eigenvalue weighted by molar-refractivity contribution is 5.92. The molecule has 4 heteroatoms. The van der Waals surface area contributed by atoms with E-state index in [0.29, 0.717) is 0 Å². The predicted octanol–water partition coefficient (Wildman–Crippen LogP) is 3.10. The molecule has 112 valence electrons. The van der Waals surface area contributed by atoms with Gasteiger partial charge in [0.1, 0.15) is 5.75 Å². The van der Waals surface area contributed by atoms with E-state index in [4.69, 9.17) is 10.5 Å². The van der Waals surface area contributed by atoms with Gasteiger partial charge in [0.25, 0.3) is 0 Å². The van der Waals surface area contributed by atoms with Crippen molar-refractivity contribution in [2.24, 2.45) is 11.7 Å². The van der Waals surface area contributed by atoms with E-state index in [2.05, 4.69) is 5.32 Å². The molecule has 0 aliphatic rings. The first-order valence-electron chi connectivity index (χ1n) is 7.15. The molecule has 3 N–H and O–H groups in total. The van der Waals surface area contributed by atoms with Crippen LogP contribution in [0.1, 0.15) is 38.7 Å². The Labute approximate surface area is 121 Å². The highest BCUT2D eigenvalue weighted by Gasteiger charge is 2.13. The first kappa shape index (κ1) is 16.5. The number of ether oxygens (including phenoxy) is 1. The summed E-state index contributed by atoms with van der Waals surface area (Å²) in [4.78, 5) is 12.1. The van der Waals surface area contributed by atoms with Gasteiger partial charge in [0.2, 0.25) is 5.91 Å². The third kappa shape index (κ3) is 5.21. The van der Waals surface area contributed by atoms with Crippen LogP contribution in [0.15, 0.2) is 18.2 Å². The van der Waals surface area contributed by atoms with Gasteiger partial charge in [0.05, 0.1) is 7.11 Å². The summed E-state index contributed by atoms with van der Waals surface area (Å²) in [6.07, 6.45) is 2.80. The van der Waals surface area contributed by atoms with Crippen LogP contribution in [0.5, 0.6) is 5.75 Å². The Balaban J connectivity index is 2.50. The molecule has 2 unspecified atom stereocenters. The van der Waals surface area contributed by atoms with Crippen molar-refractivity contribution in [3.63, 3.8) is 0 Å². The zero-order valence-electron chi connectivity index (χ0n) is 12.9. The van der Waals surface area contributed by atoms with Crippen LogP contribution in [-0.4, -0.2) is 19.1 Å². The number of aryl methyl sites for hydroxylation is 1. The second-order valence-corrected chi connectivity index (χ2v) is 5.48. The summed E-state index contributed by atoms with van der Waals surface area (Å²) >= 11 is 0. The third-order valence-corrected chi connectivity index (χ3v) is 3.41. The topological polar surface area (TPSA) is 64.3 Å². The molecule has 0 saturated heterocycles. The highest BCUT2D eigenvalue weighted by Crippen LogP contribution is 2.22. The van der Waals surface area contributed by atoms with E-state index in [9.17, 15) is 4.79 Å². The lowest BCUT2D eigenvalue weighted by Gasteiger charge is -2.14. The number of nitrogens with two attached hydrogens (primary N) is 1. The first-order chi connectivity index (χ1) is 9.43. The van der Waals surface area contributed by atoms with Gasteiger partial charge in [-0.25, -0.2) is 0 Å². The molecule has 0 heterocycles. The van der Waals surface area contributed by atoms with Crippen LogP contribution in [0.4, 0.5) is 5.69 Å². The van der Waals surface area contributed by atoms with Crippen molar-refractivity contribution in [2.75, 3.05) is 12.4 Å². The molecule has 0 bridgehead atoms. The van der Waals surface area contributed by atoms with Crippen LogP contribution in [0.3, 0.4) is 0 Å². The molecular formula is C16H26N2O2. The van der Waals surface area contributed by atoms with Crippen LogP contribution in [0.2, 0.25) is 0 Å². The van der Waals surface area contributed by atoms with Gasteiger partial charge in [-0.15, -0.1) is 0 Å². The van der Waals surface area contributed by atoms with Crippen LogP contribution < -0.4 is 15.8 Å². The number of carbonyl (C=O) groups excluding carboxylic acids is 1. The minimum Gasteiger partial charge on any atom is -0.496 e. The van der Waals surface area contributed by atoms with Crippen molar-refractivity contribution in [2.45, 2.75) is 46.1 Å². The van der Waals surface area contributed by atoms with Crippen LogP contribution in [0.25, 0.3) is 0 Å². The maximum atomic E-state index is 12.1. The van der Waals surface area contributed by atoms with Gasteiger partial charge in [-0.05, 0) is 50.5 Å². The zero-order valence-corrected chi connectivity index (χ0v) is 12.9. The zero-order chi connectivity index (χ0) is 15.1. The summed E-state index contributed by atoms with van der Waals surface area (Å²) in [6, 6.07) is 5.85. The Kier molecular flexibility index (Phi) is 6.52. The predicted molar refractivity (Wildman–Crippen MR) is 83.0 cm³/mol. The van der Waals surface area contributed by atoms with Crippen LogP contribution in [0, 0.1) is 12.8 Å². The fourth-order valence-corrected chi connectivity index (χ4v) is 2.10. The largest absolute Gasteiger partial charge is 0.496 e. The molecule has 1 aromatic carbocycles. The Bertz CT molecular complexity index is 444. The lowest BCUT2D eigenvalue weighted by atomic mass is 10.0. The van der Waals surface area contributed by atoms with E-state index in [1.54, 1.807) is 7.11 Å². The van der Waals surface area contributed by atoms with Crippen molar-refractivity contribution in [3.05, 3.63) is 23.8 Å². The molecule has 0 aliphatic heterocycles. The molecular weight excluding hydrogens is 252 g/mol. The normalized spacial score (nSPS) is 13.7. The fraction of sp³-hybridized carbons (Fsp3) is 0.562. The minimum atomic E-state index is -0.00356. The molecule has 0 spiro atoms. The molecule has 1 aromatic rings. The minimum absolute atomic E-state index is 0.00356. The first-order valence-corrected chi connectivity index (χ1v) is 7.15. The molecule has 0 radical (unpaired) electrons. The molecule has 2 atom stereocenters. The second-order valence-electron chi connectivity index (χ2n) is 5.48. The third-order valence-electron chi connectivity index (χ3n) is 3.41. The van der Waals surface area contributed by atoms with E-state index in [-0.39, 0.29) is 17.9 Å². The van der Waals surface area contributed by atoms with Gasteiger partial charge in [-0.3, -0.25) is 4.79 Å². The highest BCUT2D eigenvalue weighted by atomic mass is 16.5. The van der Waals surface area contributed by atoms with E-state index in [1.165, 1.54) is 0 Å². The fourth-order valence-electron chi connectivity index (χ4n) is 2.10. The van der Waals surface area contributed by atoms with E-state index in [0.717, 1.165) is 36.3 Å². The number of methoxy groups -OCH3 is 1. The molecule has 0 fully saturated rings. The van der Waals surface area contributed by atoms with Crippen molar-refractivity contribution < 1.29 is 9.53 Å². The molecule has 0 aromatic heterocycles. The molecule has 0 aliphatic carbocycles. The van der Waals surface area contributed by atoms with Crippen molar-refractivity contribution >= 4 is 11.6 Å². The Morgan fingerprint density at radius 3 is 2.60 bits per heavy atom. The van der Waals surface area contributed by atoms with Gasteiger partial charge >= 0.3 is 0 Å².